The number of aromatic nitrogens is 2. The average molecular weight is 359 g/mol. The van der Waals surface area contributed by atoms with Crippen molar-refractivity contribution in [2.75, 3.05) is 26.7 Å². The summed E-state index contributed by atoms with van der Waals surface area (Å²) in [6.07, 6.45) is 6.54. The molecule has 0 bridgehead atoms. The molecule has 0 spiro atoms. The number of morpholine rings is 1. The summed E-state index contributed by atoms with van der Waals surface area (Å²) in [4.78, 5) is 10.7. The third-order valence-electron chi connectivity index (χ3n) is 4.45. The molecule has 1 N–H and O–H groups in total. The smallest absolute Gasteiger partial charge is 0.193 e. The van der Waals surface area contributed by atoms with Crippen LogP contribution in [0.25, 0.3) is 0 Å². The number of guanidine groups is 1. The van der Waals surface area contributed by atoms with Gasteiger partial charge in [0.2, 0.25) is 0 Å². The summed E-state index contributed by atoms with van der Waals surface area (Å²) in [5, 5.41) is 3.43. The van der Waals surface area contributed by atoms with E-state index in [1.165, 1.54) is 12.1 Å². The van der Waals surface area contributed by atoms with Crippen molar-refractivity contribution in [1.29, 1.82) is 0 Å². The number of aliphatic imine (C=N–C) groups is 1. The second kappa shape index (κ2) is 8.80. The molecular formula is C19H26FN5O. The van der Waals surface area contributed by atoms with Gasteiger partial charge in [0.15, 0.2) is 5.96 Å². The minimum absolute atomic E-state index is 0.0725. The normalized spacial score (nSPS) is 21.0. The molecule has 0 saturated carbocycles. The molecular weight excluding hydrogens is 333 g/mol. The van der Waals surface area contributed by atoms with Gasteiger partial charge in [-0.3, -0.25) is 4.99 Å². The lowest BCUT2D eigenvalue weighted by atomic mass is 10.1. The van der Waals surface area contributed by atoms with Crippen molar-refractivity contribution in [3.63, 3.8) is 0 Å². The third-order valence-corrected chi connectivity index (χ3v) is 4.45. The minimum atomic E-state index is -0.232. The molecule has 0 amide bonds. The van der Waals surface area contributed by atoms with Gasteiger partial charge in [0, 0.05) is 39.1 Å². The predicted molar refractivity (Wildman–Crippen MR) is 99.5 cm³/mol. The van der Waals surface area contributed by atoms with E-state index >= 15 is 0 Å². The lowest BCUT2D eigenvalue weighted by Crippen LogP contribution is -2.50. The standard InChI is InChI=1S/C19H26FN5O/c1-15-12-25(13-18(26-15)16-4-6-17(20)7-5-16)19(21-2)23-8-3-10-24-11-9-22-14-24/h4-7,9,11,14-15,18H,3,8,10,12-13H2,1-2H3,(H,21,23). The Bertz CT molecular complexity index is 701. The molecule has 6 nitrogen and oxygen atoms in total. The van der Waals surface area contributed by atoms with Crippen molar-refractivity contribution in [3.05, 3.63) is 54.4 Å². The number of hydrogen-bond acceptors (Lipinski definition) is 3. The van der Waals surface area contributed by atoms with Crippen molar-refractivity contribution in [2.45, 2.75) is 32.1 Å². The monoisotopic (exact) mass is 359 g/mol. The van der Waals surface area contributed by atoms with Crippen LogP contribution in [0.3, 0.4) is 0 Å². The van der Waals surface area contributed by atoms with E-state index < -0.39 is 0 Å². The maximum absolute atomic E-state index is 13.2. The first-order valence-corrected chi connectivity index (χ1v) is 8.98. The van der Waals surface area contributed by atoms with Gasteiger partial charge in [0.1, 0.15) is 11.9 Å². The number of imidazole rings is 1. The fourth-order valence-corrected chi connectivity index (χ4v) is 3.20. The van der Waals surface area contributed by atoms with Crippen LogP contribution in [-0.2, 0) is 11.3 Å². The van der Waals surface area contributed by atoms with Crippen LogP contribution < -0.4 is 5.32 Å². The minimum Gasteiger partial charge on any atom is -0.367 e. The van der Waals surface area contributed by atoms with E-state index in [0.29, 0.717) is 6.54 Å². The summed E-state index contributed by atoms with van der Waals surface area (Å²) in [5.41, 5.74) is 0.985. The summed E-state index contributed by atoms with van der Waals surface area (Å²) < 4.78 is 21.3. The maximum atomic E-state index is 13.2. The largest absolute Gasteiger partial charge is 0.367 e. The van der Waals surface area contributed by atoms with Crippen LogP contribution in [0.1, 0.15) is 25.0 Å². The van der Waals surface area contributed by atoms with E-state index in [0.717, 1.165) is 37.6 Å². The zero-order valence-electron chi connectivity index (χ0n) is 15.3. The molecule has 2 atom stereocenters. The summed E-state index contributed by atoms with van der Waals surface area (Å²) in [6.45, 7) is 5.27. The van der Waals surface area contributed by atoms with Crippen LogP contribution >= 0.6 is 0 Å². The highest BCUT2D eigenvalue weighted by Gasteiger charge is 2.28. The number of rotatable bonds is 5. The molecule has 2 aromatic rings. The van der Waals surface area contributed by atoms with Gasteiger partial charge in [-0.15, -0.1) is 0 Å². The highest BCUT2D eigenvalue weighted by Crippen LogP contribution is 2.25. The number of benzene rings is 1. The fraction of sp³-hybridized carbons (Fsp3) is 0.474. The molecule has 2 heterocycles. The Balaban J connectivity index is 1.55. The fourth-order valence-electron chi connectivity index (χ4n) is 3.20. The summed E-state index contributed by atoms with van der Waals surface area (Å²) in [6, 6.07) is 6.53. The van der Waals surface area contributed by atoms with Crippen LogP contribution in [0, 0.1) is 5.82 Å². The molecule has 1 aliphatic rings. The molecule has 0 aliphatic carbocycles. The summed E-state index contributed by atoms with van der Waals surface area (Å²) in [7, 11) is 1.80. The molecule has 1 aromatic carbocycles. The van der Waals surface area contributed by atoms with Gasteiger partial charge >= 0.3 is 0 Å². The van der Waals surface area contributed by atoms with Crippen LogP contribution in [-0.4, -0.2) is 53.2 Å². The predicted octanol–water partition coefficient (Wildman–Crippen LogP) is 2.45. The van der Waals surface area contributed by atoms with Crippen molar-refractivity contribution in [1.82, 2.24) is 19.8 Å². The zero-order valence-corrected chi connectivity index (χ0v) is 15.3. The van der Waals surface area contributed by atoms with E-state index in [1.54, 1.807) is 25.4 Å². The first-order chi connectivity index (χ1) is 12.7. The Hall–Kier alpha value is -2.41. The van der Waals surface area contributed by atoms with Crippen molar-refractivity contribution < 1.29 is 9.13 Å². The van der Waals surface area contributed by atoms with Crippen molar-refractivity contribution in [3.8, 4) is 0 Å². The molecule has 2 unspecified atom stereocenters. The topological polar surface area (TPSA) is 54.7 Å². The zero-order chi connectivity index (χ0) is 18.4. The molecule has 140 valence electrons. The molecule has 1 fully saturated rings. The Morgan fingerprint density at radius 1 is 1.35 bits per heavy atom. The van der Waals surface area contributed by atoms with E-state index in [-0.39, 0.29) is 18.0 Å². The van der Waals surface area contributed by atoms with E-state index in [2.05, 4.69) is 31.7 Å². The molecule has 1 aliphatic heterocycles. The number of nitrogens with one attached hydrogen (secondary N) is 1. The van der Waals surface area contributed by atoms with Gasteiger partial charge < -0.3 is 19.5 Å². The van der Waals surface area contributed by atoms with Gasteiger partial charge in [0.05, 0.1) is 19.0 Å². The average Bonchev–Trinajstić information content (AvgIpc) is 3.15. The van der Waals surface area contributed by atoms with Gasteiger partial charge in [-0.2, -0.15) is 0 Å². The van der Waals surface area contributed by atoms with Gasteiger partial charge in [0.25, 0.3) is 0 Å². The number of aryl methyl sites for hydroxylation is 1. The molecule has 7 heteroatoms. The second-order valence-corrected chi connectivity index (χ2v) is 6.52. The Labute approximate surface area is 153 Å². The first-order valence-electron chi connectivity index (χ1n) is 8.98. The lowest BCUT2D eigenvalue weighted by molar-refractivity contribution is -0.0605. The van der Waals surface area contributed by atoms with Gasteiger partial charge in [-0.25, -0.2) is 9.37 Å². The molecule has 26 heavy (non-hydrogen) atoms. The number of halogens is 1. The Morgan fingerprint density at radius 2 is 2.15 bits per heavy atom. The number of hydrogen-bond donors (Lipinski definition) is 1. The summed E-state index contributed by atoms with van der Waals surface area (Å²) >= 11 is 0. The van der Waals surface area contributed by atoms with E-state index in [1.807, 2.05) is 12.5 Å². The quantitative estimate of drug-likeness (QED) is 0.506. The van der Waals surface area contributed by atoms with E-state index in [4.69, 9.17) is 4.74 Å². The lowest BCUT2D eigenvalue weighted by Gasteiger charge is -2.38. The molecule has 1 saturated heterocycles. The van der Waals surface area contributed by atoms with E-state index in [9.17, 15) is 4.39 Å². The molecule has 0 radical (unpaired) electrons. The van der Waals surface area contributed by atoms with Crippen LogP contribution in [0.5, 0.6) is 0 Å². The first kappa shape index (κ1) is 18.4. The molecule has 3 rings (SSSR count). The Kier molecular flexibility index (Phi) is 6.22. The van der Waals surface area contributed by atoms with Crippen LogP contribution in [0.2, 0.25) is 0 Å². The van der Waals surface area contributed by atoms with Crippen molar-refractivity contribution in [2.24, 2.45) is 4.99 Å². The highest BCUT2D eigenvalue weighted by molar-refractivity contribution is 5.80. The summed E-state index contributed by atoms with van der Waals surface area (Å²) in [5.74, 6) is 0.641. The van der Waals surface area contributed by atoms with Gasteiger partial charge in [-0.1, -0.05) is 12.1 Å². The number of nitrogens with zero attached hydrogens (tertiary/aromatic N) is 4. The second-order valence-electron chi connectivity index (χ2n) is 6.52. The molecule has 1 aromatic heterocycles. The van der Waals surface area contributed by atoms with Crippen molar-refractivity contribution >= 4 is 5.96 Å². The maximum Gasteiger partial charge on any atom is 0.193 e. The SMILES string of the molecule is CN=C(NCCCn1ccnc1)N1CC(C)OC(c2ccc(F)cc2)C1. The third kappa shape index (κ3) is 4.82. The Morgan fingerprint density at radius 3 is 2.85 bits per heavy atom. The van der Waals surface area contributed by atoms with Crippen LogP contribution in [0.15, 0.2) is 48.0 Å². The van der Waals surface area contributed by atoms with Gasteiger partial charge in [-0.05, 0) is 31.0 Å². The highest BCUT2D eigenvalue weighted by atomic mass is 19.1. The van der Waals surface area contributed by atoms with Crippen LogP contribution in [0.4, 0.5) is 4.39 Å². The number of ether oxygens (including phenoxy) is 1.